The van der Waals surface area contributed by atoms with Crippen molar-refractivity contribution in [3.63, 3.8) is 0 Å². The Kier molecular flexibility index (Phi) is 5.12. The van der Waals surface area contributed by atoms with Gasteiger partial charge in [0.1, 0.15) is 12.4 Å². The highest BCUT2D eigenvalue weighted by Gasteiger charge is 2.42. The fourth-order valence-corrected chi connectivity index (χ4v) is 1.70. The lowest BCUT2D eigenvalue weighted by Gasteiger charge is -2.08. The van der Waals surface area contributed by atoms with Crippen LogP contribution in [0.25, 0.3) is 11.3 Å². The lowest BCUT2D eigenvalue weighted by molar-refractivity contribution is -0.201. The van der Waals surface area contributed by atoms with E-state index in [0.717, 1.165) is 0 Å². The van der Waals surface area contributed by atoms with E-state index >= 15 is 0 Å². The van der Waals surface area contributed by atoms with Crippen LogP contribution in [0.15, 0.2) is 42.6 Å². The molecule has 1 N–H and O–H groups in total. The first kappa shape index (κ1) is 17.4. The van der Waals surface area contributed by atoms with Crippen molar-refractivity contribution in [3.8, 4) is 11.3 Å². The lowest BCUT2D eigenvalue weighted by atomic mass is 10.1. The summed E-state index contributed by atoms with van der Waals surface area (Å²) in [7, 11) is 0. The van der Waals surface area contributed by atoms with Crippen LogP contribution < -0.4 is 5.32 Å². The number of carbonyl (C=O) groups is 2. The first-order valence-electron chi connectivity index (χ1n) is 6.54. The van der Waals surface area contributed by atoms with E-state index in [1.807, 2.05) is 0 Å². The van der Waals surface area contributed by atoms with Crippen LogP contribution in [0.4, 0.5) is 23.2 Å². The van der Waals surface area contributed by atoms with Crippen LogP contribution in [0, 0.1) is 5.82 Å². The van der Waals surface area contributed by atoms with Crippen LogP contribution in [0.1, 0.15) is 0 Å². The Morgan fingerprint density at radius 2 is 1.83 bits per heavy atom. The van der Waals surface area contributed by atoms with Gasteiger partial charge in [-0.2, -0.15) is 13.2 Å². The second kappa shape index (κ2) is 7.07. The van der Waals surface area contributed by atoms with Crippen molar-refractivity contribution in [1.29, 1.82) is 0 Å². The molecule has 0 unspecified atom stereocenters. The number of rotatable bonds is 4. The Morgan fingerprint density at radius 3 is 2.42 bits per heavy atom. The number of nitrogens with zero attached hydrogens (tertiary/aromatic N) is 1. The number of pyridine rings is 1. The molecule has 0 aliphatic rings. The molecule has 126 valence electrons. The van der Waals surface area contributed by atoms with E-state index in [0.29, 0.717) is 5.69 Å². The summed E-state index contributed by atoms with van der Waals surface area (Å²) >= 11 is 0. The second-order valence-electron chi connectivity index (χ2n) is 4.52. The minimum absolute atomic E-state index is 0.277. The van der Waals surface area contributed by atoms with Crippen molar-refractivity contribution < 1.29 is 31.9 Å². The van der Waals surface area contributed by atoms with Crippen molar-refractivity contribution in [2.45, 2.75) is 6.18 Å². The maximum absolute atomic E-state index is 13.6. The summed E-state index contributed by atoms with van der Waals surface area (Å²) < 4.78 is 53.0. The van der Waals surface area contributed by atoms with Gasteiger partial charge < -0.3 is 10.1 Å². The highest BCUT2D eigenvalue weighted by atomic mass is 19.4. The number of carbonyl (C=O) groups excluding carboxylic acids is 2. The van der Waals surface area contributed by atoms with Crippen LogP contribution in [0.3, 0.4) is 0 Å². The van der Waals surface area contributed by atoms with Gasteiger partial charge in [0.25, 0.3) is 0 Å². The molecule has 0 aliphatic heterocycles. The summed E-state index contributed by atoms with van der Waals surface area (Å²) in [5, 5.41) is 2.44. The summed E-state index contributed by atoms with van der Waals surface area (Å²) in [6.07, 6.45) is -3.97. The number of benzene rings is 1. The molecule has 5 nitrogen and oxygen atoms in total. The number of hydrogen-bond acceptors (Lipinski definition) is 5. The van der Waals surface area contributed by atoms with Gasteiger partial charge in [0.2, 0.25) is 0 Å². The summed E-state index contributed by atoms with van der Waals surface area (Å²) in [6.45, 7) is -0.664. The van der Waals surface area contributed by atoms with Gasteiger partial charge in [0, 0.05) is 5.56 Å². The molecule has 0 atom stereocenters. The number of ether oxygens (including phenoxy) is 1. The maximum atomic E-state index is 13.6. The van der Waals surface area contributed by atoms with Gasteiger partial charge in [-0.15, -0.1) is 0 Å². The molecule has 0 radical (unpaired) electrons. The largest absolute Gasteiger partial charge is 0.491 e. The van der Waals surface area contributed by atoms with Crippen molar-refractivity contribution in [2.24, 2.45) is 0 Å². The molecule has 0 bridgehead atoms. The summed E-state index contributed by atoms with van der Waals surface area (Å²) in [4.78, 5) is 25.6. The van der Waals surface area contributed by atoms with Gasteiger partial charge in [-0.25, -0.2) is 14.0 Å². The molecule has 1 heterocycles. The van der Waals surface area contributed by atoms with Crippen LogP contribution >= 0.6 is 0 Å². The number of esters is 2. The van der Waals surface area contributed by atoms with E-state index in [1.54, 1.807) is 6.07 Å². The minimum Gasteiger partial charge on any atom is -0.385 e. The smallest absolute Gasteiger partial charge is 0.385 e. The molecule has 0 saturated carbocycles. The first-order valence-corrected chi connectivity index (χ1v) is 6.54. The predicted octanol–water partition coefficient (Wildman–Crippen LogP) is 2.93. The zero-order chi connectivity index (χ0) is 17.7. The fourth-order valence-electron chi connectivity index (χ4n) is 1.70. The second-order valence-corrected chi connectivity index (χ2v) is 4.52. The number of halogens is 4. The summed E-state index contributed by atoms with van der Waals surface area (Å²) in [6, 6.07) is 8.89. The highest BCUT2D eigenvalue weighted by molar-refractivity contribution is 5.90. The average molecular weight is 342 g/mol. The molecule has 9 heteroatoms. The molecule has 0 fully saturated rings. The van der Waals surface area contributed by atoms with Gasteiger partial charge >= 0.3 is 18.1 Å². The molecule has 2 aromatic rings. The van der Waals surface area contributed by atoms with Crippen LogP contribution in [0.5, 0.6) is 0 Å². The Bertz CT molecular complexity index is 745. The van der Waals surface area contributed by atoms with E-state index in [-0.39, 0.29) is 11.3 Å². The van der Waals surface area contributed by atoms with Crippen LogP contribution in [-0.2, 0) is 14.3 Å². The third-order valence-corrected chi connectivity index (χ3v) is 2.79. The number of anilines is 1. The standard InChI is InChI=1S/C15H10F4N2O3/c16-11-4-2-1-3-10(11)12-6-5-9(7-21-12)20-8-13(22)24-14(23)15(17,18)19/h1-7,20H,8H2. The number of nitrogens with one attached hydrogen (secondary N) is 1. The topological polar surface area (TPSA) is 68.3 Å². The van der Waals surface area contributed by atoms with Crippen molar-refractivity contribution in [1.82, 2.24) is 4.98 Å². The molecule has 24 heavy (non-hydrogen) atoms. The van der Waals surface area contributed by atoms with E-state index < -0.39 is 30.5 Å². The highest BCUT2D eigenvalue weighted by Crippen LogP contribution is 2.21. The molecule has 0 spiro atoms. The molecule has 0 amide bonds. The Labute approximate surface area is 133 Å². The van der Waals surface area contributed by atoms with Crippen LogP contribution in [-0.4, -0.2) is 29.6 Å². The Morgan fingerprint density at radius 1 is 1.12 bits per heavy atom. The van der Waals surface area contributed by atoms with Gasteiger partial charge in [-0.05, 0) is 24.3 Å². The van der Waals surface area contributed by atoms with E-state index in [4.69, 9.17) is 0 Å². The van der Waals surface area contributed by atoms with Gasteiger partial charge in [-0.3, -0.25) is 4.98 Å². The van der Waals surface area contributed by atoms with E-state index in [2.05, 4.69) is 15.0 Å². The van der Waals surface area contributed by atoms with Crippen LogP contribution in [0.2, 0.25) is 0 Å². The summed E-state index contributed by atoms with van der Waals surface area (Å²) in [5.74, 6) is -4.43. The van der Waals surface area contributed by atoms with Crippen molar-refractivity contribution in [2.75, 3.05) is 11.9 Å². The third kappa shape index (κ3) is 4.51. The average Bonchev–Trinajstić information content (AvgIpc) is 2.53. The van der Waals surface area contributed by atoms with Gasteiger partial charge in [0.05, 0.1) is 17.6 Å². The van der Waals surface area contributed by atoms with Crippen molar-refractivity contribution >= 4 is 17.6 Å². The Balaban J connectivity index is 1.94. The normalized spacial score (nSPS) is 11.0. The zero-order valence-electron chi connectivity index (χ0n) is 11.9. The van der Waals surface area contributed by atoms with Crippen molar-refractivity contribution in [3.05, 3.63) is 48.4 Å². The molecule has 2 rings (SSSR count). The Hall–Kier alpha value is -2.97. The maximum Gasteiger partial charge on any atom is 0.491 e. The lowest BCUT2D eigenvalue weighted by Crippen LogP contribution is -2.30. The number of aromatic nitrogens is 1. The predicted molar refractivity (Wildman–Crippen MR) is 75.3 cm³/mol. The molecule has 0 saturated heterocycles. The third-order valence-electron chi connectivity index (χ3n) is 2.79. The number of hydrogen-bond donors (Lipinski definition) is 1. The van der Waals surface area contributed by atoms with E-state index in [9.17, 15) is 27.2 Å². The molecular weight excluding hydrogens is 332 g/mol. The summed E-state index contributed by atoms with van der Waals surface area (Å²) in [5.41, 5.74) is 0.902. The SMILES string of the molecule is O=C(CNc1ccc(-c2ccccc2F)nc1)OC(=O)C(F)(F)F. The fraction of sp³-hybridized carbons (Fsp3) is 0.133. The molecular formula is C15H10F4N2O3. The van der Waals surface area contributed by atoms with E-state index in [1.165, 1.54) is 36.5 Å². The van der Waals surface area contributed by atoms with Gasteiger partial charge in [0.15, 0.2) is 0 Å². The monoisotopic (exact) mass is 342 g/mol. The quantitative estimate of drug-likeness (QED) is 0.526. The first-order chi connectivity index (χ1) is 11.3. The molecule has 0 aliphatic carbocycles. The molecule has 1 aromatic heterocycles. The zero-order valence-corrected chi connectivity index (χ0v) is 11.9. The molecule has 1 aromatic carbocycles. The minimum atomic E-state index is -5.24. The number of alkyl halides is 3. The van der Waals surface area contributed by atoms with Gasteiger partial charge in [-0.1, -0.05) is 12.1 Å².